The van der Waals surface area contributed by atoms with Crippen LogP contribution >= 0.6 is 0 Å². The van der Waals surface area contributed by atoms with E-state index in [0.717, 1.165) is 17.5 Å². The minimum Gasteiger partial charge on any atom is -0.356 e. The minimum atomic E-state index is -0.222. The first-order valence-corrected chi connectivity index (χ1v) is 8.13. The molecule has 0 aliphatic heterocycles. The third kappa shape index (κ3) is 4.10. The highest BCUT2D eigenvalue weighted by Crippen LogP contribution is 2.41. The van der Waals surface area contributed by atoms with Crippen LogP contribution < -0.4 is 10.6 Å². The van der Waals surface area contributed by atoms with Crippen molar-refractivity contribution in [2.24, 2.45) is 4.99 Å². The molecule has 24 heavy (non-hydrogen) atoms. The summed E-state index contributed by atoms with van der Waals surface area (Å²) >= 11 is 0. The molecule has 0 radical (unpaired) electrons. The molecule has 0 aromatic heterocycles. The van der Waals surface area contributed by atoms with Crippen molar-refractivity contribution >= 4 is 5.96 Å². The first-order valence-electron chi connectivity index (χ1n) is 8.13. The lowest BCUT2D eigenvalue weighted by atomic mass is 10.1. The highest BCUT2D eigenvalue weighted by molar-refractivity contribution is 5.80. The Morgan fingerprint density at radius 1 is 1.17 bits per heavy atom. The molecule has 0 heterocycles. The molecule has 0 spiro atoms. The lowest BCUT2D eigenvalue weighted by Gasteiger charge is -2.12. The summed E-state index contributed by atoms with van der Waals surface area (Å²) < 4.78 is 26.9. The maximum Gasteiger partial charge on any atom is 0.191 e. The van der Waals surface area contributed by atoms with Crippen LogP contribution in [0.3, 0.4) is 0 Å². The molecule has 0 saturated heterocycles. The van der Waals surface area contributed by atoms with Gasteiger partial charge in [-0.2, -0.15) is 0 Å². The van der Waals surface area contributed by atoms with Crippen molar-refractivity contribution in [1.82, 2.24) is 10.6 Å². The number of hydrogen-bond acceptors (Lipinski definition) is 1. The van der Waals surface area contributed by atoms with Gasteiger partial charge in [0.15, 0.2) is 5.96 Å². The monoisotopic (exact) mass is 329 g/mol. The van der Waals surface area contributed by atoms with Crippen molar-refractivity contribution in [2.75, 3.05) is 13.6 Å². The van der Waals surface area contributed by atoms with Gasteiger partial charge >= 0.3 is 0 Å². The van der Waals surface area contributed by atoms with Crippen LogP contribution in [0.15, 0.2) is 53.5 Å². The second-order valence-corrected chi connectivity index (χ2v) is 5.99. The lowest BCUT2D eigenvalue weighted by molar-refractivity contribution is 0.607. The second-order valence-electron chi connectivity index (χ2n) is 5.99. The fraction of sp³-hybridized carbons (Fsp3) is 0.316. The zero-order valence-electron chi connectivity index (χ0n) is 13.6. The molecule has 2 N–H and O–H groups in total. The zero-order valence-corrected chi connectivity index (χ0v) is 13.6. The quantitative estimate of drug-likeness (QED) is 0.653. The molecule has 1 aliphatic carbocycles. The first kappa shape index (κ1) is 16.4. The van der Waals surface area contributed by atoms with Gasteiger partial charge < -0.3 is 10.6 Å². The predicted molar refractivity (Wildman–Crippen MR) is 92.1 cm³/mol. The predicted octanol–water partition coefficient (Wildman–Crippen LogP) is 3.23. The average molecular weight is 329 g/mol. The van der Waals surface area contributed by atoms with Crippen LogP contribution in [-0.4, -0.2) is 25.6 Å². The van der Waals surface area contributed by atoms with Crippen molar-refractivity contribution < 1.29 is 8.78 Å². The van der Waals surface area contributed by atoms with Gasteiger partial charge in [-0.1, -0.05) is 30.3 Å². The van der Waals surface area contributed by atoms with E-state index in [0.29, 0.717) is 18.9 Å². The SMILES string of the molecule is CN=C(NCCc1cccc(F)c1)NC1CC1c1ccccc1F. The van der Waals surface area contributed by atoms with Crippen molar-refractivity contribution in [3.05, 3.63) is 71.3 Å². The molecule has 2 atom stereocenters. The van der Waals surface area contributed by atoms with Crippen LogP contribution in [0.2, 0.25) is 0 Å². The summed E-state index contributed by atoms with van der Waals surface area (Å²) in [5.41, 5.74) is 1.69. The van der Waals surface area contributed by atoms with Gasteiger partial charge in [-0.05, 0) is 42.2 Å². The molecule has 3 rings (SSSR count). The molecule has 1 saturated carbocycles. The van der Waals surface area contributed by atoms with E-state index >= 15 is 0 Å². The highest BCUT2D eigenvalue weighted by atomic mass is 19.1. The fourth-order valence-electron chi connectivity index (χ4n) is 2.86. The Morgan fingerprint density at radius 2 is 2.00 bits per heavy atom. The summed E-state index contributed by atoms with van der Waals surface area (Å²) in [5.74, 6) is 0.504. The van der Waals surface area contributed by atoms with Crippen molar-refractivity contribution in [3.63, 3.8) is 0 Å². The molecule has 5 heteroatoms. The maximum absolute atomic E-state index is 13.8. The van der Waals surface area contributed by atoms with Crippen molar-refractivity contribution in [3.8, 4) is 0 Å². The van der Waals surface area contributed by atoms with Crippen LogP contribution in [-0.2, 0) is 6.42 Å². The summed E-state index contributed by atoms with van der Waals surface area (Å²) in [6.45, 7) is 0.653. The summed E-state index contributed by atoms with van der Waals surface area (Å²) in [6.07, 6.45) is 1.60. The molecule has 0 amide bonds. The van der Waals surface area contributed by atoms with Crippen LogP contribution in [0, 0.1) is 11.6 Å². The van der Waals surface area contributed by atoms with Gasteiger partial charge in [0.2, 0.25) is 0 Å². The molecular formula is C19H21F2N3. The molecule has 3 nitrogen and oxygen atoms in total. The Morgan fingerprint density at radius 3 is 2.75 bits per heavy atom. The summed E-state index contributed by atoms with van der Waals surface area (Å²) in [4.78, 5) is 4.19. The smallest absolute Gasteiger partial charge is 0.191 e. The van der Waals surface area contributed by atoms with E-state index in [1.165, 1.54) is 18.2 Å². The Labute approximate surface area is 140 Å². The molecule has 0 bridgehead atoms. The number of aliphatic imine (C=N–C) groups is 1. The molecular weight excluding hydrogens is 308 g/mol. The Balaban J connectivity index is 1.47. The van der Waals surface area contributed by atoms with E-state index in [-0.39, 0.29) is 23.6 Å². The van der Waals surface area contributed by atoms with Crippen molar-refractivity contribution in [2.45, 2.75) is 24.8 Å². The Hall–Kier alpha value is -2.43. The van der Waals surface area contributed by atoms with Gasteiger partial charge in [0.25, 0.3) is 0 Å². The fourth-order valence-corrected chi connectivity index (χ4v) is 2.86. The summed E-state index contributed by atoms with van der Waals surface area (Å²) in [5, 5.41) is 6.53. The number of nitrogens with zero attached hydrogens (tertiary/aromatic N) is 1. The largest absolute Gasteiger partial charge is 0.356 e. The van der Waals surface area contributed by atoms with Gasteiger partial charge in [0.1, 0.15) is 11.6 Å². The molecule has 126 valence electrons. The molecule has 2 aromatic carbocycles. The van der Waals surface area contributed by atoms with Gasteiger partial charge in [-0.3, -0.25) is 4.99 Å². The van der Waals surface area contributed by atoms with E-state index in [4.69, 9.17) is 0 Å². The normalized spacial score (nSPS) is 19.9. The maximum atomic E-state index is 13.8. The highest BCUT2D eigenvalue weighted by Gasteiger charge is 2.40. The van der Waals surface area contributed by atoms with E-state index in [9.17, 15) is 8.78 Å². The zero-order chi connectivity index (χ0) is 16.9. The molecule has 2 aromatic rings. The van der Waals surface area contributed by atoms with Crippen LogP contribution in [0.25, 0.3) is 0 Å². The van der Waals surface area contributed by atoms with Crippen LogP contribution in [0.4, 0.5) is 8.78 Å². The van der Waals surface area contributed by atoms with Gasteiger partial charge in [0.05, 0.1) is 0 Å². The number of guanidine groups is 1. The number of hydrogen-bond donors (Lipinski definition) is 2. The number of benzene rings is 2. The lowest BCUT2D eigenvalue weighted by Crippen LogP contribution is -2.39. The van der Waals surface area contributed by atoms with Gasteiger partial charge in [-0.15, -0.1) is 0 Å². The number of nitrogens with one attached hydrogen (secondary N) is 2. The van der Waals surface area contributed by atoms with Crippen molar-refractivity contribution in [1.29, 1.82) is 0 Å². The van der Waals surface area contributed by atoms with E-state index in [2.05, 4.69) is 15.6 Å². The van der Waals surface area contributed by atoms with Gasteiger partial charge in [0, 0.05) is 25.6 Å². The standard InChI is InChI=1S/C19H21F2N3/c1-22-19(23-10-9-13-5-4-6-14(20)11-13)24-18-12-16(18)15-7-2-3-8-17(15)21/h2-8,11,16,18H,9-10,12H2,1H3,(H2,22,23,24). The summed E-state index contributed by atoms with van der Waals surface area (Å²) in [6, 6.07) is 13.7. The van der Waals surface area contributed by atoms with Crippen LogP contribution in [0.5, 0.6) is 0 Å². The number of rotatable bonds is 5. The first-order chi connectivity index (χ1) is 11.7. The average Bonchev–Trinajstić information content (AvgIpc) is 3.33. The van der Waals surface area contributed by atoms with E-state index < -0.39 is 0 Å². The Bertz CT molecular complexity index is 730. The van der Waals surface area contributed by atoms with E-state index in [1.807, 2.05) is 18.2 Å². The number of halogens is 2. The third-order valence-electron chi connectivity index (χ3n) is 4.24. The molecule has 2 unspecified atom stereocenters. The summed E-state index contributed by atoms with van der Waals surface area (Å²) in [7, 11) is 1.71. The topological polar surface area (TPSA) is 36.4 Å². The van der Waals surface area contributed by atoms with E-state index in [1.54, 1.807) is 19.2 Å². The molecule has 1 fully saturated rings. The second kappa shape index (κ2) is 7.43. The minimum absolute atomic E-state index is 0.152. The molecule has 1 aliphatic rings. The van der Waals surface area contributed by atoms with Gasteiger partial charge in [-0.25, -0.2) is 8.78 Å². The van der Waals surface area contributed by atoms with Crippen LogP contribution in [0.1, 0.15) is 23.5 Å². The Kier molecular flexibility index (Phi) is 5.08. The third-order valence-corrected chi connectivity index (χ3v) is 4.24.